The molecule has 6 nitrogen and oxygen atoms in total. The van der Waals surface area contributed by atoms with Gasteiger partial charge in [-0.3, -0.25) is 9.69 Å². The molecule has 0 bridgehead atoms. The first-order chi connectivity index (χ1) is 13.3. The lowest BCUT2D eigenvalue weighted by molar-refractivity contribution is 0.0942. The molecule has 6 heteroatoms. The maximum absolute atomic E-state index is 12.6. The molecule has 0 saturated heterocycles. The van der Waals surface area contributed by atoms with Crippen LogP contribution in [0.2, 0.25) is 0 Å². The molecule has 1 aliphatic heterocycles. The van der Waals surface area contributed by atoms with Crippen LogP contribution < -0.4 is 5.32 Å². The van der Waals surface area contributed by atoms with E-state index in [-0.39, 0.29) is 5.91 Å². The van der Waals surface area contributed by atoms with Gasteiger partial charge in [-0.25, -0.2) is 4.98 Å². The molecule has 1 amide bonds. The molecule has 0 aliphatic carbocycles. The van der Waals surface area contributed by atoms with Gasteiger partial charge < -0.3 is 14.5 Å². The topological polar surface area (TPSA) is 55.1 Å². The van der Waals surface area contributed by atoms with Crippen molar-refractivity contribution in [3.8, 4) is 0 Å². The fourth-order valence-corrected chi connectivity index (χ4v) is 3.66. The second-order valence-corrected chi connectivity index (χ2v) is 6.97. The molecule has 4 rings (SSSR count). The summed E-state index contributed by atoms with van der Waals surface area (Å²) in [5.41, 5.74) is 3.30. The number of rotatable bonds is 6. The zero-order chi connectivity index (χ0) is 18.5. The first-order valence-corrected chi connectivity index (χ1v) is 9.48. The Labute approximate surface area is 159 Å². The Balaban J connectivity index is 1.38. The molecule has 1 aromatic carbocycles. The number of hydrogen-bond acceptors (Lipinski definition) is 3. The normalized spacial score (nSPS) is 14.5. The van der Waals surface area contributed by atoms with E-state index in [9.17, 15) is 4.79 Å². The number of benzene rings is 1. The minimum absolute atomic E-state index is 0.00197. The van der Waals surface area contributed by atoms with Crippen LogP contribution in [0.25, 0.3) is 0 Å². The van der Waals surface area contributed by atoms with Crippen molar-refractivity contribution in [2.75, 3.05) is 13.1 Å². The van der Waals surface area contributed by atoms with Crippen LogP contribution in [-0.2, 0) is 26.2 Å². The molecule has 0 radical (unpaired) electrons. The van der Waals surface area contributed by atoms with Crippen molar-refractivity contribution in [2.45, 2.75) is 32.6 Å². The quantitative estimate of drug-likeness (QED) is 0.732. The van der Waals surface area contributed by atoms with Crippen molar-refractivity contribution in [3.05, 3.63) is 78.1 Å². The van der Waals surface area contributed by atoms with Gasteiger partial charge in [-0.1, -0.05) is 30.3 Å². The molecule has 0 spiro atoms. The summed E-state index contributed by atoms with van der Waals surface area (Å²) in [6.07, 6.45) is 6.45. The Hall–Kier alpha value is -2.86. The van der Waals surface area contributed by atoms with Crippen molar-refractivity contribution in [2.24, 2.45) is 0 Å². The lowest BCUT2D eigenvalue weighted by Crippen LogP contribution is -2.29. The molecular weight excluding hydrogens is 338 g/mol. The van der Waals surface area contributed by atoms with E-state index in [1.807, 2.05) is 16.8 Å². The summed E-state index contributed by atoms with van der Waals surface area (Å²) in [7, 11) is 0. The Morgan fingerprint density at radius 3 is 2.81 bits per heavy atom. The van der Waals surface area contributed by atoms with E-state index in [1.54, 1.807) is 12.5 Å². The number of imidazole rings is 1. The third kappa shape index (κ3) is 4.28. The molecule has 0 fully saturated rings. The monoisotopic (exact) mass is 363 g/mol. The highest BCUT2D eigenvalue weighted by Gasteiger charge is 2.19. The third-order valence-corrected chi connectivity index (χ3v) is 5.01. The second kappa shape index (κ2) is 8.22. The minimum Gasteiger partial charge on any atom is -0.349 e. The number of carbonyl (C=O) groups excluding carboxylic acids is 1. The van der Waals surface area contributed by atoms with Gasteiger partial charge in [0.1, 0.15) is 5.69 Å². The molecule has 2 aromatic heterocycles. The Morgan fingerprint density at radius 2 is 2.00 bits per heavy atom. The summed E-state index contributed by atoms with van der Waals surface area (Å²) in [6, 6.07) is 14.6. The molecule has 0 saturated carbocycles. The summed E-state index contributed by atoms with van der Waals surface area (Å²) < 4.78 is 4.14. The smallest absolute Gasteiger partial charge is 0.267 e. The lowest BCUT2D eigenvalue weighted by atomic mass is 10.2. The molecule has 0 unspecified atom stereocenters. The highest BCUT2D eigenvalue weighted by molar-refractivity contribution is 5.92. The molecule has 3 heterocycles. The van der Waals surface area contributed by atoms with Crippen molar-refractivity contribution in [3.63, 3.8) is 0 Å². The Bertz CT molecular complexity index is 869. The van der Waals surface area contributed by atoms with E-state index in [4.69, 9.17) is 0 Å². The number of nitrogens with zero attached hydrogens (tertiary/aromatic N) is 4. The number of hydrogen-bond donors (Lipinski definition) is 1. The molecule has 0 atom stereocenters. The standard InChI is InChI=1S/C21H25N5O/c27-21(23-10-14-24-13-9-22-17-24)20-8-7-19-16-25(11-4-12-26(19)20)15-18-5-2-1-3-6-18/h1-3,5-9,13,17H,4,10-12,14-16H2,(H,23,27). The molecular formula is C21H25N5O. The van der Waals surface area contributed by atoms with E-state index in [1.165, 1.54) is 11.3 Å². The van der Waals surface area contributed by atoms with Gasteiger partial charge in [-0.15, -0.1) is 0 Å². The van der Waals surface area contributed by atoms with E-state index in [0.29, 0.717) is 6.54 Å². The van der Waals surface area contributed by atoms with E-state index in [2.05, 4.69) is 56.2 Å². The first-order valence-electron chi connectivity index (χ1n) is 9.48. The lowest BCUT2D eigenvalue weighted by Gasteiger charge is -2.19. The zero-order valence-corrected chi connectivity index (χ0v) is 15.4. The van der Waals surface area contributed by atoms with Crippen LogP contribution in [0.4, 0.5) is 0 Å². The van der Waals surface area contributed by atoms with Gasteiger partial charge in [0.2, 0.25) is 0 Å². The van der Waals surface area contributed by atoms with E-state index >= 15 is 0 Å². The number of carbonyl (C=O) groups is 1. The average Bonchev–Trinajstić information content (AvgIpc) is 3.29. The highest BCUT2D eigenvalue weighted by atomic mass is 16.1. The first kappa shape index (κ1) is 17.5. The number of aromatic nitrogens is 3. The fraction of sp³-hybridized carbons (Fsp3) is 0.333. The summed E-state index contributed by atoms with van der Waals surface area (Å²) in [5.74, 6) is -0.00197. The third-order valence-electron chi connectivity index (χ3n) is 5.01. The molecule has 3 aromatic rings. The van der Waals surface area contributed by atoms with Gasteiger partial charge in [0, 0.05) is 57.4 Å². The SMILES string of the molecule is O=C(NCCn1ccnc1)c1ccc2n1CCCN(Cc1ccccc1)C2. The summed E-state index contributed by atoms with van der Waals surface area (Å²) in [6.45, 7) is 5.06. The zero-order valence-electron chi connectivity index (χ0n) is 15.4. The van der Waals surface area contributed by atoms with Crippen molar-refractivity contribution in [1.29, 1.82) is 0 Å². The van der Waals surface area contributed by atoms with Gasteiger partial charge in [0.05, 0.1) is 6.33 Å². The van der Waals surface area contributed by atoms with E-state index < -0.39 is 0 Å². The van der Waals surface area contributed by atoms with Crippen molar-refractivity contribution in [1.82, 2.24) is 24.3 Å². The van der Waals surface area contributed by atoms with Crippen LogP contribution >= 0.6 is 0 Å². The van der Waals surface area contributed by atoms with Crippen molar-refractivity contribution >= 4 is 5.91 Å². The Kier molecular flexibility index (Phi) is 5.34. The van der Waals surface area contributed by atoms with Gasteiger partial charge in [-0.05, 0) is 24.1 Å². The summed E-state index contributed by atoms with van der Waals surface area (Å²) >= 11 is 0. The largest absolute Gasteiger partial charge is 0.349 e. The Morgan fingerprint density at radius 1 is 1.11 bits per heavy atom. The highest BCUT2D eigenvalue weighted by Crippen LogP contribution is 2.19. The van der Waals surface area contributed by atoms with Gasteiger partial charge >= 0.3 is 0 Å². The van der Waals surface area contributed by atoms with Gasteiger partial charge in [0.25, 0.3) is 5.91 Å². The maximum atomic E-state index is 12.6. The van der Waals surface area contributed by atoms with Crippen molar-refractivity contribution < 1.29 is 4.79 Å². The van der Waals surface area contributed by atoms with E-state index in [0.717, 1.165) is 44.8 Å². The second-order valence-electron chi connectivity index (χ2n) is 6.97. The van der Waals surface area contributed by atoms with Crippen LogP contribution in [0.1, 0.15) is 28.2 Å². The minimum atomic E-state index is -0.00197. The average molecular weight is 363 g/mol. The molecule has 1 aliphatic rings. The van der Waals surface area contributed by atoms with Gasteiger partial charge in [0.15, 0.2) is 0 Å². The van der Waals surface area contributed by atoms with Crippen LogP contribution in [0.5, 0.6) is 0 Å². The predicted molar refractivity (Wildman–Crippen MR) is 104 cm³/mol. The summed E-state index contributed by atoms with van der Waals surface area (Å²) in [4.78, 5) is 19.1. The number of fused-ring (bicyclic) bond motifs is 1. The van der Waals surface area contributed by atoms with Crippen LogP contribution in [0.3, 0.4) is 0 Å². The predicted octanol–water partition coefficient (Wildman–Crippen LogP) is 2.52. The number of amides is 1. The molecule has 1 N–H and O–H groups in total. The summed E-state index contributed by atoms with van der Waals surface area (Å²) in [5, 5.41) is 3.02. The van der Waals surface area contributed by atoms with Crippen LogP contribution in [0.15, 0.2) is 61.2 Å². The fourth-order valence-electron chi connectivity index (χ4n) is 3.66. The van der Waals surface area contributed by atoms with Crippen LogP contribution in [-0.4, -0.2) is 38.0 Å². The van der Waals surface area contributed by atoms with Crippen LogP contribution in [0, 0.1) is 0 Å². The molecule has 27 heavy (non-hydrogen) atoms. The maximum Gasteiger partial charge on any atom is 0.267 e. The van der Waals surface area contributed by atoms with Gasteiger partial charge in [-0.2, -0.15) is 0 Å². The molecule has 140 valence electrons. The number of nitrogens with one attached hydrogen (secondary N) is 1.